The Balaban J connectivity index is 0.000000344. The molecule has 0 amide bonds. The average molecular weight is 315 g/mol. The summed E-state index contributed by atoms with van der Waals surface area (Å²) in [4.78, 5) is 16.2. The first-order valence-electron chi connectivity index (χ1n) is 6.23. The molecule has 0 aliphatic heterocycles. The summed E-state index contributed by atoms with van der Waals surface area (Å²) in [5, 5.41) is 2.62. The van der Waals surface area contributed by atoms with E-state index in [4.69, 9.17) is 9.79 Å². The van der Waals surface area contributed by atoms with E-state index in [1.165, 1.54) is 24.9 Å². The van der Waals surface area contributed by atoms with Crippen molar-refractivity contribution in [3.63, 3.8) is 0 Å². The molecule has 0 heterocycles. The highest BCUT2D eigenvalue weighted by Gasteiger charge is 2.11. The van der Waals surface area contributed by atoms with Crippen LogP contribution in [0.25, 0.3) is 10.8 Å². The summed E-state index contributed by atoms with van der Waals surface area (Å²) in [6, 6.07) is 16.7. The van der Waals surface area contributed by atoms with E-state index in [0.29, 0.717) is 0 Å². The first-order valence-corrected chi connectivity index (χ1v) is 7.76. The summed E-state index contributed by atoms with van der Waals surface area (Å²) in [7, 11) is -1.36. The maximum Gasteiger partial charge on any atom is 0.469 e. The van der Waals surface area contributed by atoms with Gasteiger partial charge < -0.3 is 20.3 Å². The van der Waals surface area contributed by atoms with E-state index < -0.39 is 7.82 Å². The Kier molecular flexibility index (Phi) is 10.7. The monoisotopic (exact) mass is 315 g/mol. The van der Waals surface area contributed by atoms with Gasteiger partial charge in [-0.25, -0.2) is 4.57 Å². The van der Waals surface area contributed by atoms with Gasteiger partial charge in [-0.2, -0.15) is 0 Å². The number of benzene rings is 2. The standard InChI is InChI=1S/C10H8.C3H9O5P.CH5N/c1-2-6-10-8-4-3-7-9(10)5-1;1-7-2-3-8-9(4,5)6;1-2/h1-8H;2-3H2,1H3,(H2,4,5,6);2H2,1H3. The van der Waals surface area contributed by atoms with Crippen LogP contribution in [0.15, 0.2) is 48.5 Å². The van der Waals surface area contributed by atoms with E-state index >= 15 is 0 Å². The Bertz CT molecular complexity index is 478. The van der Waals surface area contributed by atoms with Gasteiger partial charge in [0, 0.05) is 7.11 Å². The van der Waals surface area contributed by atoms with Crippen molar-refractivity contribution < 1.29 is 23.6 Å². The van der Waals surface area contributed by atoms with Crippen LogP contribution in [0.3, 0.4) is 0 Å². The van der Waals surface area contributed by atoms with Crippen molar-refractivity contribution >= 4 is 18.6 Å². The van der Waals surface area contributed by atoms with Gasteiger partial charge in [-0.3, -0.25) is 4.52 Å². The molecule has 7 heteroatoms. The van der Waals surface area contributed by atoms with Gasteiger partial charge in [0.2, 0.25) is 0 Å². The zero-order chi connectivity index (χ0) is 16.1. The molecule has 2 rings (SSSR count). The van der Waals surface area contributed by atoms with Crippen LogP contribution < -0.4 is 5.73 Å². The first kappa shape index (κ1) is 19.7. The first-order chi connectivity index (χ1) is 10.0. The molecule has 2 aromatic rings. The molecule has 0 saturated heterocycles. The maximum absolute atomic E-state index is 9.92. The van der Waals surface area contributed by atoms with E-state index in [1.807, 2.05) is 0 Å². The van der Waals surface area contributed by atoms with E-state index in [9.17, 15) is 4.57 Å². The van der Waals surface area contributed by atoms with Crippen LogP contribution in [0.1, 0.15) is 0 Å². The third kappa shape index (κ3) is 10.1. The van der Waals surface area contributed by atoms with Crippen LogP contribution in [0.2, 0.25) is 0 Å². The number of fused-ring (bicyclic) bond motifs is 1. The minimum atomic E-state index is -4.28. The summed E-state index contributed by atoms with van der Waals surface area (Å²) >= 11 is 0. The molecule has 0 radical (unpaired) electrons. The molecule has 21 heavy (non-hydrogen) atoms. The number of hydrogen-bond acceptors (Lipinski definition) is 4. The molecule has 0 unspecified atom stereocenters. The molecule has 118 valence electrons. The fraction of sp³-hybridized carbons (Fsp3) is 0.286. The zero-order valence-electron chi connectivity index (χ0n) is 12.2. The van der Waals surface area contributed by atoms with Crippen LogP contribution >= 0.6 is 7.82 Å². The molecule has 0 spiro atoms. The topological polar surface area (TPSA) is 102 Å². The number of ether oxygens (including phenoxy) is 1. The van der Waals surface area contributed by atoms with Gasteiger partial charge in [0.1, 0.15) is 0 Å². The molecule has 0 atom stereocenters. The number of phosphoric acid groups is 1. The minimum Gasteiger partial charge on any atom is -0.382 e. The maximum atomic E-state index is 9.92. The van der Waals surface area contributed by atoms with Crippen molar-refractivity contribution in [3.05, 3.63) is 48.5 Å². The van der Waals surface area contributed by atoms with Gasteiger partial charge in [-0.05, 0) is 17.8 Å². The lowest BCUT2D eigenvalue weighted by Gasteiger charge is -2.02. The van der Waals surface area contributed by atoms with E-state index in [-0.39, 0.29) is 13.2 Å². The normalized spacial score (nSPS) is 10.1. The fourth-order valence-corrected chi connectivity index (χ4v) is 1.68. The third-order valence-electron chi connectivity index (χ3n) is 2.21. The number of phosphoric ester groups is 1. The molecular formula is C14H22NO5P. The molecule has 0 aliphatic rings. The van der Waals surface area contributed by atoms with Crippen molar-refractivity contribution in [2.45, 2.75) is 0 Å². The predicted octanol–water partition coefficient (Wildman–Crippen LogP) is 2.16. The van der Waals surface area contributed by atoms with Crippen molar-refractivity contribution in [1.29, 1.82) is 0 Å². The Labute approximate surface area is 124 Å². The third-order valence-corrected chi connectivity index (χ3v) is 2.72. The Morgan fingerprint density at radius 1 is 0.952 bits per heavy atom. The predicted molar refractivity (Wildman–Crippen MR) is 83.9 cm³/mol. The number of rotatable bonds is 4. The smallest absolute Gasteiger partial charge is 0.382 e. The molecule has 0 aromatic heterocycles. The lowest BCUT2D eigenvalue weighted by atomic mass is 10.1. The highest BCUT2D eigenvalue weighted by molar-refractivity contribution is 7.46. The molecule has 0 fully saturated rings. The number of hydrogen-bond donors (Lipinski definition) is 3. The molecule has 6 nitrogen and oxygen atoms in total. The van der Waals surface area contributed by atoms with Crippen LogP contribution in [0.4, 0.5) is 0 Å². The Morgan fingerprint density at radius 2 is 1.33 bits per heavy atom. The summed E-state index contributed by atoms with van der Waals surface area (Å²) in [5.74, 6) is 0. The quantitative estimate of drug-likeness (QED) is 0.590. The van der Waals surface area contributed by atoms with E-state index in [0.717, 1.165) is 0 Å². The average Bonchev–Trinajstić information content (AvgIpc) is 2.49. The second kappa shape index (κ2) is 11.4. The number of methoxy groups -OCH3 is 1. The van der Waals surface area contributed by atoms with Crippen LogP contribution in [-0.4, -0.2) is 37.2 Å². The van der Waals surface area contributed by atoms with Crippen molar-refractivity contribution in [2.75, 3.05) is 27.4 Å². The summed E-state index contributed by atoms with van der Waals surface area (Å²) < 4.78 is 18.4. The highest BCUT2D eigenvalue weighted by atomic mass is 31.2. The van der Waals surface area contributed by atoms with Crippen molar-refractivity contribution in [3.8, 4) is 0 Å². The van der Waals surface area contributed by atoms with Crippen LogP contribution in [-0.2, 0) is 13.8 Å². The van der Waals surface area contributed by atoms with Gasteiger partial charge in [-0.15, -0.1) is 0 Å². The Hall–Kier alpha value is -1.27. The molecular weight excluding hydrogens is 293 g/mol. The van der Waals surface area contributed by atoms with Crippen molar-refractivity contribution in [2.24, 2.45) is 5.73 Å². The largest absolute Gasteiger partial charge is 0.469 e. The molecule has 2 aromatic carbocycles. The van der Waals surface area contributed by atoms with E-state index in [1.54, 1.807) is 0 Å². The Morgan fingerprint density at radius 3 is 1.62 bits per heavy atom. The molecule has 4 N–H and O–H groups in total. The summed E-state index contributed by atoms with van der Waals surface area (Å²) in [6.07, 6.45) is 0. The van der Waals surface area contributed by atoms with Gasteiger partial charge in [-0.1, -0.05) is 48.5 Å². The van der Waals surface area contributed by atoms with Crippen LogP contribution in [0.5, 0.6) is 0 Å². The van der Waals surface area contributed by atoms with Gasteiger partial charge in [0.25, 0.3) is 0 Å². The van der Waals surface area contributed by atoms with Gasteiger partial charge in [0.15, 0.2) is 0 Å². The summed E-state index contributed by atoms with van der Waals surface area (Å²) in [6.45, 7) is 0.103. The van der Waals surface area contributed by atoms with E-state index in [2.05, 4.69) is 63.5 Å². The molecule has 0 aliphatic carbocycles. The summed E-state index contributed by atoms with van der Waals surface area (Å²) in [5.41, 5.74) is 4.50. The lowest BCUT2D eigenvalue weighted by Crippen LogP contribution is -1.99. The van der Waals surface area contributed by atoms with Gasteiger partial charge in [0.05, 0.1) is 13.2 Å². The second-order valence-electron chi connectivity index (χ2n) is 3.66. The SMILES string of the molecule is CN.COCCOP(=O)(O)O.c1ccc2ccccc2c1. The minimum absolute atomic E-state index is 0.0826. The highest BCUT2D eigenvalue weighted by Crippen LogP contribution is 2.35. The second-order valence-corrected chi connectivity index (χ2v) is 4.90. The van der Waals surface area contributed by atoms with Crippen molar-refractivity contribution in [1.82, 2.24) is 0 Å². The molecule has 0 saturated carbocycles. The zero-order valence-corrected chi connectivity index (χ0v) is 13.1. The molecule has 0 bridgehead atoms. The van der Waals surface area contributed by atoms with Gasteiger partial charge >= 0.3 is 7.82 Å². The fourth-order valence-electron chi connectivity index (χ4n) is 1.37. The number of nitrogens with two attached hydrogens (primary N) is 1. The van der Waals surface area contributed by atoms with Crippen LogP contribution in [0, 0.1) is 0 Å². The lowest BCUT2D eigenvalue weighted by molar-refractivity contribution is 0.120.